The molecule has 1 rings (SSSR count). The zero-order valence-electron chi connectivity index (χ0n) is 12.7. The molecule has 1 amide bonds. The summed E-state index contributed by atoms with van der Waals surface area (Å²) >= 11 is 1.54. The molecule has 0 radical (unpaired) electrons. The smallest absolute Gasteiger partial charge is 0.241 e. The molecule has 1 aromatic rings. The van der Waals surface area contributed by atoms with Crippen molar-refractivity contribution in [3.63, 3.8) is 0 Å². The van der Waals surface area contributed by atoms with E-state index < -0.39 is 5.41 Å². The molecule has 1 unspecified atom stereocenters. The van der Waals surface area contributed by atoms with Gasteiger partial charge in [-0.05, 0) is 26.7 Å². The van der Waals surface area contributed by atoms with Gasteiger partial charge in [0.2, 0.25) is 5.91 Å². The largest absolute Gasteiger partial charge is 0.346 e. The van der Waals surface area contributed by atoms with Crippen LogP contribution in [-0.4, -0.2) is 10.9 Å². The zero-order valence-corrected chi connectivity index (χ0v) is 13.5. The Balaban J connectivity index is 2.83. The number of aryl methyl sites for hydroxylation is 1. The Morgan fingerprint density at radius 2 is 2.10 bits per heavy atom. The second kappa shape index (κ2) is 7.39. The fourth-order valence-electron chi connectivity index (χ4n) is 2.34. The molecular formula is C15H23N3OS. The Labute approximate surface area is 125 Å². The fourth-order valence-corrected chi connectivity index (χ4v) is 3.14. The van der Waals surface area contributed by atoms with Crippen LogP contribution in [0.3, 0.4) is 0 Å². The number of carbonyl (C=O) groups is 1. The first-order valence-corrected chi connectivity index (χ1v) is 8.01. The number of aromatic nitrogens is 1. The maximum atomic E-state index is 12.5. The molecule has 0 aliphatic carbocycles. The summed E-state index contributed by atoms with van der Waals surface area (Å²) in [6, 6.07) is 2.10. The van der Waals surface area contributed by atoms with Crippen LogP contribution in [0.15, 0.2) is 5.38 Å². The van der Waals surface area contributed by atoms with Gasteiger partial charge in [-0.1, -0.05) is 26.7 Å². The monoisotopic (exact) mass is 293 g/mol. The minimum Gasteiger partial charge on any atom is -0.346 e. The van der Waals surface area contributed by atoms with E-state index in [1.165, 1.54) is 11.3 Å². The molecule has 0 aromatic carbocycles. The molecule has 0 spiro atoms. The number of amides is 1. The number of nitriles is 1. The van der Waals surface area contributed by atoms with E-state index in [-0.39, 0.29) is 11.9 Å². The maximum Gasteiger partial charge on any atom is 0.241 e. The predicted molar refractivity (Wildman–Crippen MR) is 81.3 cm³/mol. The van der Waals surface area contributed by atoms with Crippen LogP contribution < -0.4 is 5.32 Å². The molecule has 110 valence electrons. The molecule has 20 heavy (non-hydrogen) atoms. The number of hydrogen-bond acceptors (Lipinski definition) is 4. The lowest BCUT2D eigenvalue weighted by atomic mass is 9.79. The van der Waals surface area contributed by atoms with Crippen LogP contribution in [0.25, 0.3) is 0 Å². The van der Waals surface area contributed by atoms with Gasteiger partial charge in [0.1, 0.15) is 10.4 Å². The van der Waals surface area contributed by atoms with Gasteiger partial charge in [-0.15, -0.1) is 11.3 Å². The molecule has 1 aromatic heterocycles. The number of nitrogens with one attached hydrogen (secondary N) is 1. The topological polar surface area (TPSA) is 65.8 Å². The maximum absolute atomic E-state index is 12.5. The minimum absolute atomic E-state index is 0.150. The van der Waals surface area contributed by atoms with E-state index >= 15 is 0 Å². The third-order valence-electron chi connectivity index (χ3n) is 3.36. The van der Waals surface area contributed by atoms with Crippen molar-refractivity contribution >= 4 is 17.2 Å². The van der Waals surface area contributed by atoms with E-state index in [1.807, 2.05) is 33.1 Å². The van der Waals surface area contributed by atoms with Crippen molar-refractivity contribution in [2.75, 3.05) is 0 Å². The van der Waals surface area contributed by atoms with E-state index in [0.717, 1.165) is 23.5 Å². The van der Waals surface area contributed by atoms with Crippen molar-refractivity contribution in [1.82, 2.24) is 10.3 Å². The molecular weight excluding hydrogens is 270 g/mol. The highest BCUT2D eigenvalue weighted by atomic mass is 32.1. The van der Waals surface area contributed by atoms with Crippen LogP contribution in [0.4, 0.5) is 0 Å². The van der Waals surface area contributed by atoms with Crippen LogP contribution in [0, 0.1) is 23.7 Å². The van der Waals surface area contributed by atoms with Gasteiger partial charge in [-0.2, -0.15) is 5.26 Å². The molecule has 1 N–H and O–H groups in total. The Morgan fingerprint density at radius 1 is 1.50 bits per heavy atom. The lowest BCUT2D eigenvalue weighted by molar-refractivity contribution is -0.129. The van der Waals surface area contributed by atoms with Crippen LogP contribution in [0.1, 0.15) is 63.2 Å². The Bertz CT molecular complexity index is 484. The van der Waals surface area contributed by atoms with Gasteiger partial charge in [-0.25, -0.2) is 4.98 Å². The molecule has 0 saturated heterocycles. The van der Waals surface area contributed by atoms with Crippen molar-refractivity contribution in [3.05, 3.63) is 16.1 Å². The third kappa shape index (κ3) is 3.80. The predicted octanol–water partition coefficient (Wildman–Crippen LogP) is 3.74. The van der Waals surface area contributed by atoms with Gasteiger partial charge >= 0.3 is 0 Å². The lowest BCUT2D eigenvalue weighted by Crippen LogP contribution is -2.41. The summed E-state index contributed by atoms with van der Waals surface area (Å²) in [5.74, 6) is -0.163. The first kappa shape index (κ1) is 16.6. The van der Waals surface area contributed by atoms with E-state index in [9.17, 15) is 10.1 Å². The molecule has 5 heteroatoms. The summed E-state index contributed by atoms with van der Waals surface area (Å²) < 4.78 is 0. The average molecular weight is 293 g/mol. The Hall–Kier alpha value is -1.41. The van der Waals surface area contributed by atoms with Gasteiger partial charge in [0.15, 0.2) is 0 Å². The zero-order chi connectivity index (χ0) is 15.2. The van der Waals surface area contributed by atoms with Crippen LogP contribution in [0.2, 0.25) is 0 Å². The third-order valence-corrected chi connectivity index (χ3v) is 4.50. The van der Waals surface area contributed by atoms with Crippen LogP contribution in [-0.2, 0) is 4.79 Å². The van der Waals surface area contributed by atoms with E-state index in [2.05, 4.69) is 16.4 Å². The summed E-state index contributed by atoms with van der Waals surface area (Å²) in [5.41, 5.74) is 0.0594. The van der Waals surface area contributed by atoms with Crippen molar-refractivity contribution in [3.8, 4) is 6.07 Å². The Kier molecular flexibility index (Phi) is 6.15. The number of thiazole rings is 1. The number of carbonyl (C=O) groups excluding carboxylic acids is 1. The number of hydrogen-bond donors (Lipinski definition) is 1. The van der Waals surface area contributed by atoms with Gasteiger partial charge in [0, 0.05) is 11.1 Å². The minimum atomic E-state index is -0.899. The van der Waals surface area contributed by atoms with Crippen molar-refractivity contribution in [2.24, 2.45) is 5.41 Å². The molecule has 0 aliphatic heterocycles. The van der Waals surface area contributed by atoms with Gasteiger partial charge < -0.3 is 5.32 Å². The van der Waals surface area contributed by atoms with E-state index in [0.29, 0.717) is 12.8 Å². The summed E-state index contributed by atoms with van der Waals surface area (Å²) in [6.45, 7) is 7.85. The molecule has 1 heterocycles. The quantitative estimate of drug-likeness (QED) is 0.832. The second-order valence-electron chi connectivity index (χ2n) is 5.22. The van der Waals surface area contributed by atoms with Crippen molar-refractivity contribution in [2.45, 2.75) is 59.4 Å². The summed E-state index contributed by atoms with van der Waals surface area (Å²) in [7, 11) is 0. The lowest BCUT2D eigenvalue weighted by Gasteiger charge is -2.26. The van der Waals surface area contributed by atoms with E-state index in [1.54, 1.807) is 0 Å². The van der Waals surface area contributed by atoms with Crippen LogP contribution >= 0.6 is 11.3 Å². The van der Waals surface area contributed by atoms with Crippen molar-refractivity contribution in [1.29, 1.82) is 5.26 Å². The average Bonchev–Trinajstić information content (AvgIpc) is 2.85. The molecule has 4 nitrogen and oxygen atoms in total. The first-order chi connectivity index (χ1) is 9.49. The molecule has 0 bridgehead atoms. The highest BCUT2D eigenvalue weighted by Crippen LogP contribution is 2.30. The molecule has 0 aliphatic rings. The first-order valence-electron chi connectivity index (χ1n) is 7.13. The summed E-state index contributed by atoms with van der Waals surface area (Å²) in [5, 5.41) is 15.3. The van der Waals surface area contributed by atoms with Crippen molar-refractivity contribution < 1.29 is 4.79 Å². The summed E-state index contributed by atoms with van der Waals surface area (Å²) in [4.78, 5) is 16.9. The number of rotatable bonds is 7. The van der Waals surface area contributed by atoms with Gasteiger partial charge in [0.25, 0.3) is 0 Å². The van der Waals surface area contributed by atoms with Crippen LogP contribution in [0.5, 0.6) is 0 Å². The van der Waals surface area contributed by atoms with E-state index in [4.69, 9.17) is 0 Å². The molecule has 1 atom stereocenters. The molecule has 0 saturated carbocycles. The SMILES string of the molecule is CCCC(C#N)(CCC)C(=O)NC(C)c1nc(C)cs1. The highest BCUT2D eigenvalue weighted by Gasteiger charge is 2.37. The standard InChI is InChI=1S/C15H23N3OS/c1-5-7-15(10-16,8-6-2)14(19)18-12(4)13-17-11(3)9-20-13/h9,12H,5-8H2,1-4H3,(H,18,19). The second-order valence-corrected chi connectivity index (χ2v) is 6.11. The Morgan fingerprint density at radius 3 is 2.50 bits per heavy atom. The normalized spacial score (nSPS) is 12.8. The highest BCUT2D eigenvalue weighted by molar-refractivity contribution is 7.09. The summed E-state index contributed by atoms with van der Waals surface area (Å²) in [6.07, 6.45) is 2.86. The molecule has 0 fully saturated rings. The number of nitrogens with zero attached hydrogens (tertiary/aromatic N) is 2. The fraction of sp³-hybridized carbons (Fsp3) is 0.667. The van der Waals surface area contributed by atoms with Gasteiger partial charge in [0.05, 0.1) is 12.1 Å². The van der Waals surface area contributed by atoms with Gasteiger partial charge in [-0.3, -0.25) is 4.79 Å².